The average Bonchev–Trinajstić information content (AvgIpc) is 3.37. The topological polar surface area (TPSA) is 83.2 Å². The molecule has 3 N–H and O–H groups in total. The summed E-state index contributed by atoms with van der Waals surface area (Å²) in [6.45, 7) is 6.55. The van der Waals surface area contributed by atoms with Crippen LogP contribution in [0.5, 0.6) is 0 Å². The van der Waals surface area contributed by atoms with Crippen molar-refractivity contribution in [2.75, 3.05) is 33.3 Å². The molecule has 1 heterocycles. The van der Waals surface area contributed by atoms with Crippen molar-refractivity contribution in [1.29, 1.82) is 0 Å². The lowest BCUT2D eigenvalue weighted by Gasteiger charge is -2.32. The van der Waals surface area contributed by atoms with Crippen molar-refractivity contribution in [2.24, 2.45) is 10.7 Å². The number of amides is 1. The van der Waals surface area contributed by atoms with Crippen LogP contribution in [0.4, 0.5) is 4.79 Å². The number of carbonyl (C=O) groups excluding carboxylic acids is 1. The van der Waals surface area contributed by atoms with Gasteiger partial charge in [0.25, 0.3) is 0 Å². The molecule has 0 aromatic rings. The molecule has 1 aliphatic carbocycles. The van der Waals surface area contributed by atoms with Crippen LogP contribution in [0.15, 0.2) is 4.99 Å². The van der Waals surface area contributed by atoms with E-state index in [4.69, 9.17) is 10.5 Å². The number of guanidine groups is 1. The minimum atomic E-state index is -0.218. The Kier molecular flexibility index (Phi) is 6.50. The molecule has 1 aliphatic heterocycles. The molecule has 1 saturated carbocycles. The number of hydrogen-bond acceptors (Lipinski definition) is 4. The van der Waals surface area contributed by atoms with Crippen molar-refractivity contribution in [2.45, 2.75) is 57.7 Å². The molecular weight excluding hydrogens is 294 g/mol. The fourth-order valence-corrected chi connectivity index (χ4v) is 2.88. The van der Waals surface area contributed by atoms with Gasteiger partial charge < -0.3 is 20.7 Å². The van der Waals surface area contributed by atoms with Crippen LogP contribution < -0.4 is 11.1 Å². The molecule has 1 amide bonds. The monoisotopic (exact) mass is 325 g/mol. The molecule has 1 saturated heterocycles. The molecule has 7 heteroatoms. The molecule has 0 aromatic heterocycles. The maximum absolute atomic E-state index is 11.7. The molecule has 2 rings (SSSR count). The zero-order valence-electron chi connectivity index (χ0n) is 14.6. The number of rotatable bonds is 6. The van der Waals surface area contributed by atoms with Crippen molar-refractivity contribution in [1.82, 2.24) is 15.1 Å². The summed E-state index contributed by atoms with van der Waals surface area (Å²) in [4.78, 5) is 20.3. The van der Waals surface area contributed by atoms with Gasteiger partial charge in [-0.05, 0) is 46.6 Å². The predicted molar refractivity (Wildman–Crippen MR) is 91.5 cm³/mol. The molecule has 2 aliphatic rings. The first kappa shape index (κ1) is 17.8. The van der Waals surface area contributed by atoms with E-state index < -0.39 is 0 Å². The SMILES string of the molecule is CCOC(=O)N1CCC(NC(N)=NCC(C)N(C)C2CC2)CC1. The first-order valence-corrected chi connectivity index (χ1v) is 8.71. The van der Waals surface area contributed by atoms with Gasteiger partial charge in [0.05, 0.1) is 13.2 Å². The van der Waals surface area contributed by atoms with E-state index in [-0.39, 0.29) is 12.1 Å². The first-order valence-electron chi connectivity index (χ1n) is 8.71. The maximum Gasteiger partial charge on any atom is 0.409 e. The highest BCUT2D eigenvalue weighted by Gasteiger charge is 2.29. The van der Waals surface area contributed by atoms with Crippen LogP contribution in [0.25, 0.3) is 0 Å². The Morgan fingerprint density at radius 1 is 1.39 bits per heavy atom. The summed E-state index contributed by atoms with van der Waals surface area (Å²) in [7, 11) is 2.16. The molecule has 7 nitrogen and oxygen atoms in total. The van der Waals surface area contributed by atoms with Gasteiger partial charge in [0.2, 0.25) is 0 Å². The van der Waals surface area contributed by atoms with Crippen LogP contribution in [0.2, 0.25) is 0 Å². The second-order valence-electron chi connectivity index (χ2n) is 6.58. The first-order chi connectivity index (χ1) is 11.0. The highest BCUT2D eigenvalue weighted by Crippen LogP contribution is 2.26. The quantitative estimate of drug-likeness (QED) is 0.562. The zero-order valence-corrected chi connectivity index (χ0v) is 14.6. The van der Waals surface area contributed by atoms with Gasteiger partial charge in [-0.25, -0.2) is 4.79 Å². The number of nitrogens with two attached hydrogens (primary N) is 1. The van der Waals surface area contributed by atoms with Crippen molar-refractivity contribution in [3.8, 4) is 0 Å². The van der Waals surface area contributed by atoms with Crippen LogP contribution in [-0.4, -0.2) is 73.3 Å². The standard InChI is InChI=1S/C16H31N5O2/c1-4-23-16(22)21-9-7-13(8-10-21)19-15(17)18-11-12(2)20(3)14-5-6-14/h12-14H,4-11H2,1-3H3,(H3,17,18,19). The zero-order chi connectivity index (χ0) is 16.8. The van der Waals surface area contributed by atoms with Crippen LogP contribution in [0.3, 0.4) is 0 Å². The third-order valence-electron chi connectivity index (χ3n) is 4.72. The molecule has 1 unspecified atom stereocenters. The van der Waals surface area contributed by atoms with E-state index >= 15 is 0 Å². The molecule has 23 heavy (non-hydrogen) atoms. The lowest BCUT2D eigenvalue weighted by molar-refractivity contribution is 0.0963. The summed E-state index contributed by atoms with van der Waals surface area (Å²) in [5.74, 6) is 0.510. The molecule has 0 bridgehead atoms. The second-order valence-corrected chi connectivity index (χ2v) is 6.58. The van der Waals surface area contributed by atoms with Crippen LogP contribution >= 0.6 is 0 Å². The summed E-state index contributed by atoms with van der Waals surface area (Å²) in [5, 5.41) is 3.28. The number of likely N-dealkylation sites (tertiary alicyclic amines) is 1. The fourth-order valence-electron chi connectivity index (χ4n) is 2.88. The Labute approximate surface area is 139 Å². The van der Waals surface area contributed by atoms with E-state index in [9.17, 15) is 4.79 Å². The smallest absolute Gasteiger partial charge is 0.409 e. The molecular formula is C16H31N5O2. The molecule has 1 atom stereocenters. The Morgan fingerprint density at radius 3 is 2.61 bits per heavy atom. The van der Waals surface area contributed by atoms with Gasteiger partial charge in [0, 0.05) is 31.2 Å². The number of carbonyl (C=O) groups is 1. The van der Waals surface area contributed by atoms with E-state index in [0.717, 1.165) is 18.9 Å². The summed E-state index contributed by atoms with van der Waals surface area (Å²) in [5.41, 5.74) is 6.00. The molecule has 0 aromatic carbocycles. The lowest BCUT2D eigenvalue weighted by Crippen LogP contribution is -2.48. The van der Waals surface area contributed by atoms with Gasteiger partial charge in [-0.15, -0.1) is 0 Å². The summed E-state index contributed by atoms with van der Waals surface area (Å²) < 4.78 is 5.02. The highest BCUT2D eigenvalue weighted by molar-refractivity contribution is 5.78. The molecule has 0 radical (unpaired) electrons. The minimum absolute atomic E-state index is 0.218. The Morgan fingerprint density at radius 2 is 2.04 bits per heavy atom. The minimum Gasteiger partial charge on any atom is -0.450 e. The summed E-state index contributed by atoms with van der Waals surface area (Å²) in [6, 6.07) is 1.43. The number of piperidine rings is 1. The van der Waals surface area contributed by atoms with Gasteiger partial charge in [0.15, 0.2) is 5.96 Å². The number of nitrogens with zero attached hydrogens (tertiary/aromatic N) is 3. The van der Waals surface area contributed by atoms with Crippen molar-refractivity contribution in [3.63, 3.8) is 0 Å². The maximum atomic E-state index is 11.7. The normalized spacial score (nSPS) is 21.4. The molecule has 132 valence electrons. The number of ether oxygens (including phenoxy) is 1. The Bertz CT molecular complexity index is 417. The van der Waals surface area contributed by atoms with Crippen molar-refractivity contribution >= 4 is 12.1 Å². The van der Waals surface area contributed by atoms with Crippen molar-refractivity contribution in [3.05, 3.63) is 0 Å². The largest absolute Gasteiger partial charge is 0.450 e. The predicted octanol–water partition coefficient (Wildman–Crippen LogP) is 0.994. The van der Waals surface area contributed by atoms with Gasteiger partial charge in [-0.2, -0.15) is 0 Å². The van der Waals surface area contributed by atoms with E-state index in [1.165, 1.54) is 12.8 Å². The number of nitrogens with one attached hydrogen (secondary N) is 1. The Balaban J connectivity index is 1.68. The van der Waals surface area contributed by atoms with E-state index in [1.807, 2.05) is 6.92 Å². The van der Waals surface area contributed by atoms with Crippen LogP contribution in [0, 0.1) is 0 Å². The summed E-state index contributed by atoms with van der Waals surface area (Å²) >= 11 is 0. The lowest BCUT2D eigenvalue weighted by atomic mass is 10.1. The number of hydrogen-bond donors (Lipinski definition) is 2. The molecule has 0 spiro atoms. The third kappa shape index (κ3) is 5.57. The second kappa shape index (κ2) is 8.38. The van der Waals surface area contributed by atoms with E-state index in [0.29, 0.717) is 38.2 Å². The number of aliphatic imine (C=N–C) groups is 1. The van der Waals surface area contributed by atoms with E-state index in [2.05, 4.69) is 29.2 Å². The fraction of sp³-hybridized carbons (Fsp3) is 0.875. The highest BCUT2D eigenvalue weighted by atomic mass is 16.6. The van der Waals surface area contributed by atoms with Crippen LogP contribution in [0.1, 0.15) is 39.5 Å². The van der Waals surface area contributed by atoms with Gasteiger partial charge in [0.1, 0.15) is 0 Å². The van der Waals surface area contributed by atoms with Gasteiger partial charge in [-0.1, -0.05) is 0 Å². The number of likely N-dealkylation sites (N-methyl/N-ethyl adjacent to an activating group) is 1. The van der Waals surface area contributed by atoms with Crippen LogP contribution in [-0.2, 0) is 4.74 Å². The van der Waals surface area contributed by atoms with E-state index in [1.54, 1.807) is 4.90 Å². The van der Waals surface area contributed by atoms with Gasteiger partial charge in [-0.3, -0.25) is 9.89 Å². The third-order valence-corrected chi connectivity index (χ3v) is 4.72. The van der Waals surface area contributed by atoms with Gasteiger partial charge >= 0.3 is 6.09 Å². The van der Waals surface area contributed by atoms with Crippen molar-refractivity contribution < 1.29 is 9.53 Å². The Hall–Kier alpha value is -1.50. The summed E-state index contributed by atoms with van der Waals surface area (Å²) in [6.07, 6.45) is 4.12. The molecule has 2 fully saturated rings. The average molecular weight is 325 g/mol.